The molecule has 0 aliphatic rings. The molecule has 1 aromatic rings. The van der Waals surface area contributed by atoms with Crippen LogP contribution in [0.3, 0.4) is 0 Å². The average molecular weight is 232 g/mol. The summed E-state index contributed by atoms with van der Waals surface area (Å²) in [6, 6.07) is 6.08. The number of carbonyl (C=O) groups excluding carboxylic acids is 1. The van der Waals surface area contributed by atoms with E-state index in [1.54, 1.807) is 13.8 Å². The molecule has 0 amide bonds. The average Bonchev–Trinajstić information content (AvgIpc) is 2.29. The number of Topliss-reactive ketones (excluding diaryl/α,β-unsaturated/α-hetero) is 1. The molecule has 0 spiro atoms. The molecule has 0 radical (unpaired) electrons. The van der Waals surface area contributed by atoms with Crippen LogP contribution in [0.5, 0.6) is 0 Å². The van der Waals surface area contributed by atoms with Gasteiger partial charge in [-0.3, -0.25) is 14.9 Å². The molecular formula is C12H12N2O3. The number of nitrogens with zero attached hydrogens (tertiary/aromatic N) is 2. The Hall–Kier alpha value is -2.22. The standard InChI is InChI=1S/C12H12N2O3/c1-3-9(7-13)12(15)10-4-5-11(14(16)17)8(2)6-10/h4-6,9H,3H2,1-2H3. The van der Waals surface area contributed by atoms with Crippen molar-refractivity contribution >= 4 is 11.5 Å². The molecule has 0 saturated carbocycles. The Bertz CT molecular complexity index is 503. The third kappa shape index (κ3) is 2.67. The van der Waals surface area contributed by atoms with Gasteiger partial charge in [-0.25, -0.2) is 0 Å². The van der Waals surface area contributed by atoms with Crippen molar-refractivity contribution in [2.24, 2.45) is 5.92 Å². The van der Waals surface area contributed by atoms with Gasteiger partial charge in [0.05, 0.1) is 11.0 Å². The van der Waals surface area contributed by atoms with Crippen molar-refractivity contribution in [2.75, 3.05) is 0 Å². The number of benzene rings is 1. The summed E-state index contributed by atoms with van der Waals surface area (Å²) in [4.78, 5) is 22.0. The molecule has 5 heteroatoms. The molecule has 1 rings (SSSR count). The lowest BCUT2D eigenvalue weighted by Crippen LogP contribution is -2.12. The maximum Gasteiger partial charge on any atom is 0.272 e. The van der Waals surface area contributed by atoms with Gasteiger partial charge in [0.2, 0.25) is 0 Å². The fourth-order valence-corrected chi connectivity index (χ4v) is 1.55. The number of nitro groups is 1. The van der Waals surface area contributed by atoms with Crippen molar-refractivity contribution in [3.05, 3.63) is 39.4 Å². The highest BCUT2D eigenvalue weighted by molar-refractivity contribution is 5.99. The lowest BCUT2D eigenvalue weighted by molar-refractivity contribution is -0.385. The van der Waals surface area contributed by atoms with Gasteiger partial charge in [-0.15, -0.1) is 0 Å². The molecule has 1 aromatic carbocycles. The van der Waals surface area contributed by atoms with Gasteiger partial charge in [-0.1, -0.05) is 6.92 Å². The fourth-order valence-electron chi connectivity index (χ4n) is 1.55. The Morgan fingerprint density at radius 1 is 1.59 bits per heavy atom. The smallest absolute Gasteiger partial charge is 0.272 e. The number of hydrogen-bond acceptors (Lipinski definition) is 4. The first-order chi connectivity index (χ1) is 8.01. The molecule has 0 aromatic heterocycles. The summed E-state index contributed by atoms with van der Waals surface area (Å²) in [6.45, 7) is 3.33. The minimum Gasteiger partial charge on any atom is -0.293 e. The van der Waals surface area contributed by atoms with Crippen molar-refractivity contribution < 1.29 is 9.72 Å². The number of nitriles is 1. The van der Waals surface area contributed by atoms with Gasteiger partial charge in [0.1, 0.15) is 5.92 Å². The van der Waals surface area contributed by atoms with Crippen LogP contribution >= 0.6 is 0 Å². The highest BCUT2D eigenvalue weighted by Crippen LogP contribution is 2.21. The van der Waals surface area contributed by atoms with E-state index in [0.29, 0.717) is 17.5 Å². The van der Waals surface area contributed by atoms with Crippen LogP contribution in [0.2, 0.25) is 0 Å². The van der Waals surface area contributed by atoms with Gasteiger partial charge in [-0.05, 0) is 25.5 Å². The largest absolute Gasteiger partial charge is 0.293 e. The first-order valence-corrected chi connectivity index (χ1v) is 5.20. The normalized spacial score (nSPS) is 11.6. The van der Waals surface area contributed by atoms with E-state index in [4.69, 9.17) is 5.26 Å². The number of carbonyl (C=O) groups is 1. The van der Waals surface area contributed by atoms with Crippen LogP contribution in [-0.2, 0) is 0 Å². The Kier molecular flexibility index (Phi) is 3.94. The van der Waals surface area contributed by atoms with Crippen molar-refractivity contribution in [2.45, 2.75) is 20.3 Å². The van der Waals surface area contributed by atoms with Crippen LogP contribution in [0.4, 0.5) is 5.69 Å². The zero-order chi connectivity index (χ0) is 13.0. The molecule has 0 saturated heterocycles. The summed E-state index contributed by atoms with van der Waals surface area (Å²) in [5.74, 6) is -0.969. The maximum atomic E-state index is 11.8. The van der Waals surface area contributed by atoms with Crippen LogP contribution in [0.15, 0.2) is 18.2 Å². The lowest BCUT2D eigenvalue weighted by atomic mass is 9.95. The van der Waals surface area contributed by atoms with Crippen molar-refractivity contribution in [3.8, 4) is 6.07 Å². The van der Waals surface area contributed by atoms with Crippen LogP contribution in [0.25, 0.3) is 0 Å². The number of nitro benzene ring substituents is 1. The Morgan fingerprint density at radius 3 is 2.65 bits per heavy atom. The fraction of sp³-hybridized carbons (Fsp3) is 0.333. The van der Waals surface area contributed by atoms with E-state index in [1.165, 1.54) is 18.2 Å². The van der Waals surface area contributed by atoms with Crippen molar-refractivity contribution in [1.82, 2.24) is 0 Å². The Balaban J connectivity index is 3.10. The SMILES string of the molecule is CCC(C#N)C(=O)c1ccc([N+](=O)[O-])c(C)c1. The van der Waals surface area contributed by atoms with E-state index in [2.05, 4.69) is 0 Å². The molecule has 0 fully saturated rings. The minimum absolute atomic E-state index is 0.0217. The number of rotatable bonds is 4. The molecule has 5 nitrogen and oxygen atoms in total. The summed E-state index contributed by atoms with van der Waals surface area (Å²) in [5, 5.41) is 19.4. The van der Waals surface area contributed by atoms with Gasteiger partial charge in [0.25, 0.3) is 5.69 Å². The predicted molar refractivity (Wildman–Crippen MR) is 61.6 cm³/mol. The van der Waals surface area contributed by atoms with Crippen LogP contribution in [0.1, 0.15) is 29.3 Å². The maximum absolute atomic E-state index is 11.8. The van der Waals surface area contributed by atoms with Crippen LogP contribution in [-0.4, -0.2) is 10.7 Å². The summed E-state index contributed by atoms with van der Waals surface area (Å²) in [5.41, 5.74) is 0.752. The Morgan fingerprint density at radius 2 is 2.24 bits per heavy atom. The second kappa shape index (κ2) is 5.21. The number of hydrogen-bond donors (Lipinski definition) is 0. The van der Waals surface area contributed by atoms with E-state index in [1.807, 2.05) is 6.07 Å². The van der Waals surface area contributed by atoms with Gasteiger partial charge in [0.15, 0.2) is 5.78 Å². The molecule has 0 aliphatic heterocycles. The second-order valence-corrected chi connectivity index (χ2v) is 3.71. The molecule has 0 aliphatic carbocycles. The predicted octanol–water partition coefficient (Wildman–Crippen LogP) is 2.64. The summed E-state index contributed by atoms with van der Waals surface area (Å²) in [6.07, 6.45) is 0.436. The van der Waals surface area contributed by atoms with Crippen LogP contribution in [0, 0.1) is 34.3 Å². The van der Waals surface area contributed by atoms with Gasteiger partial charge >= 0.3 is 0 Å². The zero-order valence-corrected chi connectivity index (χ0v) is 9.64. The molecule has 1 unspecified atom stereocenters. The summed E-state index contributed by atoms with van der Waals surface area (Å²) in [7, 11) is 0. The molecule has 88 valence electrons. The topological polar surface area (TPSA) is 84.0 Å². The minimum atomic E-state index is -0.684. The molecular weight excluding hydrogens is 220 g/mol. The van der Waals surface area contributed by atoms with E-state index in [-0.39, 0.29) is 11.5 Å². The first-order valence-electron chi connectivity index (χ1n) is 5.20. The number of aryl methyl sites for hydroxylation is 1. The van der Waals surface area contributed by atoms with E-state index in [9.17, 15) is 14.9 Å². The Labute approximate surface area is 98.8 Å². The third-order valence-electron chi connectivity index (χ3n) is 2.56. The molecule has 0 bridgehead atoms. The van der Waals surface area contributed by atoms with E-state index >= 15 is 0 Å². The second-order valence-electron chi connectivity index (χ2n) is 3.71. The van der Waals surface area contributed by atoms with Crippen molar-refractivity contribution in [3.63, 3.8) is 0 Å². The van der Waals surface area contributed by atoms with E-state index < -0.39 is 10.8 Å². The molecule has 0 heterocycles. The monoisotopic (exact) mass is 232 g/mol. The zero-order valence-electron chi connectivity index (χ0n) is 9.64. The molecule has 17 heavy (non-hydrogen) atoms. The number of ketones is 1. The summed E-state index contributed by atoms with van der Waals surface area (Å²) >= 11 is 0. The van der Waals surface area contributed by atoms with Gasteiger partial charge < -0.3 is 0 Å². The lowest BCUT2D eigenvalue weighted by Gasteiger charge is -2.06. The van der Waals surface area contributed by atoms with Crippen LogP contribution < -0.4 is 0 Å². The van der Waals surface area contributed by atoms with Gasteiger partial charge in [0, 0.05) is 17.2 Å². The van der Waals surface area contributed by atoms with Gasteiger partial charge in [-0.2, -0.15) is 5.26 Å². The molecule has 1 atom stereocenters. The molecule has 0 N–H and O–H groups in total. The highest BCUT2D eigenvalue weighted by atomic mass is 16.6. The first kappa shape index (κ1) is 12.8. The van der Waals surface area contributed by atoms with E-state index in [0.717, 1.165) is 0 Å². The van der Waals surface area contributed by atoms with Crippen molar-refractivity contribution in [1.29, 1.82) is 5.26 Å². The quantitative estimate of drug-likeness (QED) is 0.453. The third-order valence-corrected chi connectivity index (χ3v) is 2.56. The summed E-state index contributed by atoms with van der Waals surface area (Å²) < 4.78 is 0. The highest BCUT2D eigenvalue weighted by Gasteiger charge is 2.19.